The molecule has 0 fully saturated rings. The van der Waals surface area contributed by atoms with Crippen LogP contribution in [0.1, 0.15) is 56.1 Å². The van der Waals surface area contributed by atoms with Gasteiger partial charge in [0.15, 0.2) is 17.2 Å². The molecule has 0 bridgehead atoms. The van der Waals surface area contributed by atoms with Gasteiger partial charge in [-0.05, 0) is 25.3 Å². The van der Waals surface area contributed by atoms with Crippen molar-refractivity contribution in [1.82, 2.24) is 4.98 Å². The van der Waals surface area contributed by atoms with E-state index in [2.05, 4.69) is 4.98 Å². The van der Waals surface area contributed by atoms with E-state index in [0.717, 1.165) is 12.0 Å². The first kappa shape index (κ1) is 27.0. The highest BCUT2D eigenvalue weighted by atomic mass is 16.6. The van der Waals surface area contributed by atoms with Crippen LogP contribution in [0.3, 0.4) is 0 Å². The van der Waals surface area contributed by atoms with Gasteiger partial charge in [0, 0.05) is 38.1 Å². The number of methoxy groups -OCH3 is 1. The van der Waals surface area contributed by atoms with Crippen molar-refractivity contribution < 1.29 is 33.3 Å². The fraction of sp³-hybridized carbons (Fsp3) is 0.462. The molecule has 184 valence electrons. The van der Waals surface area contributed by atoms with Gasteiger partial charge < -0.3 is 18.9 Å². The second-order valence-corrected chi connectivity index (χ2v) is 7.93. The Bertz CT molecular complexity index is 945. The van der Waals surface area contributed by atoms with Crippen molar-refractivity contribution in [3.63, 3.8) is 0 Å². The van der Waals surface area contributed by atoms with E-state index in [9.17, 15) is 14.4 Å². The van der Waals surface area contributed by atoms with E-state index in [4.69, 9.17) is 18.9 Å². The van der Waals surface area contributed by atoms with Crippen LogP contribution >= 0.6 is 0 Å². The average Bonchev–Trinajstić information content (AvgIpc) is 2.82. The molecule has 0 aliphatic carbocycles. The summed E-state index contributed by atoms with van der Waals surface area (Å²) in [5.74, 6) is -1.42. The van der Waals surface area contributed by atoms with Crippen LogP contribution in [0.25, 0.3) is 0 Å². The molecule has 0 spiro atoms. The minimum atomic E-state index is -0.608. The van der Waals surface area contributed by atoms with Crippen molar-refractivity contribution in [3.8, 4) is 11.5 Å². The Kier molecular flexibility index (Phi) is 11.2. The number of rotatable bonds is 14. The molecule has 0 aliphatic heterocycles. The number of aromatic nitrogens is 1. The number of benzene rings is 1. The highest BCUT2D eigenvalue weighted by Crippen LogP contribution is 2.30. The van der Waals surface area contributed by atoms with Crippen molar-refractivity contribution in [2.45, 2.75) is 52.6 Å². The van der Waals surface area contributed by atoms with E-state index in [1.54, 1.807) is 0 Å². The first-order chi connectivity index (χ1) is 16.3. The van der Waals surface area contributed by atoms with E-state index < -0.39 is 23.8 Å². The monoisotopic (exact) mass is 471 g/mol. The summed E-state index contributed by atoms with van der Waals surface area (Å²) in [7, 11) is 1.39. The number of ketones is 1. The summed E-state index contributed by atoms with van der Waals surface area (Å²) in [4.78, 5) is 40.7. The second kappa shape index (κ2) is 14.1. The number of nitrogens with zero attached hydrogens (tertiary/aromatic N) is 1. The molecule has 0 amide bonds. The predicted octanol–water partition coefficient (Wildman–Crippen LogP) is 4.20. The van der Waals surface area contributed by atoms with Gasteiger partial charge >= 0.3 is 11.9 Å². The zero-order chi connectivity index (χ0) is 24.9. The van der Waals surface area contributed by atoms with E-state index in [0.29, 0.717) is 19.6 Å². The lowest BCUT2D eigenvalue weighted by molar-refractivity contribution is -0.152. The Morgan fingerprint density at radius 3 is 2.44 bits per heavy atom. The summed E-state index contributed by atoms with van der Waals surface area (Å²) in [6, 6.07) is 11.4. The van der Waals surface area contributed by atoms with Gasteiger partial charge in [-0.15, -0.1) is 0 Å². The maximum Gasteiger partial charge on any atom is 0.308 e. The molecule has 2 rings (SSSR count). The summed E-state index contributed by atoms with van der Waals surface area (Å²) in [5.41, 5.74) is 1.07. The minimum absolute atomic E-state index is 0.0239. The molecule has 0 radical (unpaired) electrons. The molecule has 1 heterocycles. The van der Waals surface area contributed by atoms with E-state index in [1.807, 2.05) is 44.2 Å². The van der Waals surface area contributed by atoms with Gasteiger partial charge in [-0.2, -0.15) is 0 Å². The molecular formula is C26H33NO7. The van der Waals surface area contributed by atoms with Crippen LogP contribution in [0.4, 0.5) is 0 Å². The summed E-state index contributed by atoms with van der Waals surface area (Å²) >= 11 is 0. The molecule has 0 saturated carbocycles. The van der Waals surface area contributed by atoms with Crippen molar-refractivity contribution in [3.05, 3.63) is 53.9 Å². The van der Waals surface area contributed by atoms with Gasteiger partial charge in [0.25, 0.3) is 0 Å². The quantitative estimate of drug-likeness (QED) is 0.230. The van der Waals surface area contributed by atoms with Gasteiger partial charge in [-0.25, -0.2) is 4.98 Å². The highest BCUT2D eigenvalue weighted by Gasteiger charge is 2.24. The van der Waals surface area contributed by atoms with Gasteiger partial charge in [0.05, 0.1) is 20.1 Å². The maximum absolute atomic E-state index is 12.7. The van der Waals surface area contributed by atoms with Crippen LogP contribution in [-0.4, -0.2) is 49.1 Å². The van der Waals surface area contributed by atoms with Crippen LogP contribution < -0.4 is 9.47 Å². The number of carbonyl (C=O) groups excluding carboxylic acids is 3. The predicted molar refractivity (Wildman–Crippen MR) is 126 cm³/mol. The molecule has 0 aliphatic rings. The Morgan fingerprint density at radius 2 is 1.79 bits per heavy atom. The molecule has 0 saturated heterocycles. The zero-order valence-electron chi connectivity index (χ0n) is 20.2. The lowest BCUT2D eigenvalue weighted by Gasteiger charge is -2.24. The summed E-state index contributed by atoms with van der Waals surface area (Å²) in [6.07, 6.45) is 2.32. The molecule has 1 aromatic carbocycles. The topological polar surface area (TPSA) is 101 Å². The Balaban J connectivity index is 1.99. The standard InChI is InChI=1S/C26H33NO7/c1-5-15-32-17-21(16-20-9-7-6-8-10-20)18(2)33-24(30)12-11-22(29)25-26(34-19(3)28)23(31-4)13-14-27-25/h6-10,13-14,18,21H,5,11-12,15-17H2,1-4H3/t18-,21+/m0/s1. The van der Waals surface area contributed by atoms with Gasteiger partial charge in [0.1, 0.15) is 6.10 Å². The number of hydrogen-bond acceptors (Lipinski definition) is 8. The largest absolute Gasteiger partial charge is 0.493 e. The van der Waals surface area contributed by atoms with Crippen molar-refractivity contribution in [1.29, 1.82) is 0 Å². The molecule has 2 atom stereocenters. The third-order valence-electron chi connectivity index (χ3n) is 5.16. The van der Waals surface area contributed by atoms with E-state index in [-0.39, 0.29) is 36.0 Å². The first-order valence-electron chi connectivity index (χ1n) is 11.4. The van der Waals surface area contributed by atoms with Crippen molar-refractivity contribution in [2.75, 3.05) is 20.3 Å². The molecule has 0 N–H and O–H groups in total. The van der Waals surface area contributed by atoms with Crippen molar-refractivity contribution >= 4 is 17.7 Å². The number of pyridine rings is 1. The van der Waals surface area contributed by atoms with Crippen LogP contribution in [0, 0.1) is 5.92 Å². The number of esters is 2. The summed E-state index contributed by atoms with van der Waals surface area (Å²) < 4.78 is 21.7. The molecular weight excluding hydrogens is 438 g/mol. The van der Waals surface area contributed by atoms with Crippen LogP contribution in [0.2, 0.25) is 0 Å². The third-order valence-corrected chi connectivity index (χ3v) is 5.16. The molecule has 8 nitrogen and oxygen atoms in total. The molecule has 34 heavy (non-hydrogen) atoms. The van der Waals surface area contributed by atoms with Gasteiger partial charge in [-0.1, -0.05) is 37.3 Å². The summed E-state index contributed by atoms with van der Waals surface area (Å²) in [5, 5.41) is 0. The second-order valence-electron chi connectivity index (χ2n) is 7.93. The molecule has 0 unspecified atom stereocenters. The summed E-state index contributed by atoms with van der Waals surface area (Å²) in [6.45, 7) is 6.20. The van der Waals surface area contributed by atoms with Crippen LogP contribution in [-0.2, 0) is 25.5 Å². The van der Waals surface area contributed by atoms with E-state index >= 15 is 0 Å². The smallest absolute Gasteiger partial charge is 0.308 e. The number of carbonyl (C=O) groups is 3. The number of ether oxygens (including phenoxy) is 4. The number of hydrogen-bond donors (Lipinski definition) is 0. The molecule has 8 heteroatoms. The highest BCUT2D eigenvalue weighted by molar-refractivity contribution is 5.99. The third kappa shape index (κ3) is 8.59. The first-order valence-corrected chi connectivity index (χ1v) is 11.4. The van der Waals surface area contributed by atoms with Crippen LogP contribution in [0.15, 0.2) is 42.6 Å². The van der Waals surface area contributed by atoms with Gasteiger partial charge in [0.2, 0.25) is 5.75 Å². The maximum atomic E-state index is 12.7. The number of Topliss-reactive ketones (excluding diaryl/α,β-unsaturated/α-hetero) is 1. The van der Waals surface area contributed by atoms with Gasteiger partial charge in [-0.3, -0.25) is 14.4 Å². The minimum Gasteiger partial charge on any atom is -0.493 e. The lowest BCUT2D eigenvalue weighted by atomic mass is 9.95. The SMILES string of the molecule is CCCOC[C@@H](Cc1ccccc1)[C@H](C)OC(=O)CCC(=O)c1nccc(OC)c1OC(C)=O. The van der Waals surface area contributed by atoms with E-state index in [1.165, 1.54) is 26.3 Å². The van der Waals surface area contributed by atoms with Crippen LogP contribution in [0.5, 0.6) is 11.5 Å². The molecule has 1 aromatic heterocycles. The normalized spacial score (nSPS) is 12.5. The fourth-order valence-electron chi connectivity index (χ4n) is 3.39. The molecule has 2 aromatic rings. The Morgan fingerprint density at radius 1 is 1.06 bits per heavy atom. The average molecular weight is 472 g/mol. The fourth-order valence-corrected chi connectivity index (χ4v) is 3.39. The Hall–Kier alpha value is -3.26. The lowest BCUT2D eigenvalue weighted by Crippen LogP contribution is -2.30. The zero-order valence-corrected chi connectivity index (χ0v) is 20.2. The van der Waals surface area contributed by atoms with Crippen molar-refractivity contribution in [2.24, 2.45) is 5.92 Å². The Labute approximate surface area is 200 Å².